The molecule has 0 spiro atoms. The number of morpholine rings is 1. The van der Waals surface area contributed by atoms with E-state index in [1.54, 1.807) is 18.2 Å². The molecular formula is C18H20Cl2N4O2S. The number of hydrogen-bond donors (Lipinski definition) is 1. The van der Waals surface area contributed by atoms with E-state index in [1.165, 1.54) is 18.1 Å². The fourth-order valence-electron chi connectivity index (χ4n) is 2.87. The van der Waals surface area contributed by atoms with Gasteiger partial charge in [-0.15, -0.1) is 0 Å². The third-order valence-electron chi connectivity index (χ3n) is 3.92. The minimum Gasteiger partial charge on any atom is -0.372 e. The van der Waals surface area contributed by atoms with Gasteiger partial charge in [0.05, 0.1) is 28.7 Å². The van der Waals surface area contributed by atoms with Crippen LogP contribution in [0, 0.1) is 0 Å². The Hall–Kier alpha value is -1.54. The number of ether oxygens (including phenoxy) is 1. The number of amides is 1. The van der Waals surface area contributed by atoms with Gasteiger partial charge in [-0.25, -0.2) is 9.97 Å². The van der Waals surface area contributed by atoms with Crippen molar-refractivity contribution in [3.05, 3.63) is 40.6 Å². The van der Waals surface area contributed by atoms with Gasteiger partial charge in [0.15, 0.2) is 0 Å². The first-order valence-electron chi connectivity index (χ1n) is 8.51. The smallest absolute Gasteiger partial charge is 0.234 e. The Kier molecular flexibility index (Phi) is 6.81. The van der Waals surface area contributed by atoms with Gasteiger partial charge in [-0.3, -0.25) is 4.79 Å². The molecule has 1 fully saturated rings. The number of carbonyl (C=O) groups excluding carboxylic acids is 1. The lowest BCUT2D eigenvalue weighted by molar-refractivity contribution is -0.113. The van der Waals surface area contributed by atoms with Crippen molar-refractivity contribution in [2.75, 3.05) is 29.1 Å². The highest BCUT2D eigenvalue weighted by Gasteiger charge is 2.23. The van der Waals surface area contributed by atoms with E-state index in [-0.39, 0.29) is 23.9 Å². The number of halogens is 2. The van der Waals surface area contributed by atoms with E-state index >= 15 is 0 Å². The molecule has 1 N–H and O–H groups in total. The number of nitrogens with zero attached hydrogens (tertiary/aromatic N) is 3. The lowest BCUT2D eigenvalue weighted by Gasteiger charge is -2.36. The van der Waals surface area contributed by atoms with E-state index < -0.39 is 0 Å². The predicted molar refractivity (Wildman–Crippen MR) is 110 cm³/mol. The molecule has 2 aromatic rings. The fraction of sp³-hybridized carbons (Fsp3) is 0.389. The second-order valence-electron chi connectivity index (χ2n) is 6.34. The van der Waals surface area contributed by atoms with Crippen LogP contribution in [0.1, 0.15) is 13.8 Å². The first kappa shape index (κ1) is 20.2. The highest BCUT2D eigenvalue weighted by atomic mass is 35.5. The Morgan fingerprint density at radius 2 is 2.00 bits per heavy atom. The number of anilines is 2. The van der Waals surface area contributed by atoms with Crippen molar-refractivity contribution in [3.63, 3.8) is 0 Å². The van der Waals surface area contributed by atoms with Crippen LogP contribution in [0.4, 0.5) is 11.5 Å². The highest BCUT2D eigenvalue weighted by Crippen LogP contribution is 2.26. The summed E-state index contributed by atoms with van der Waals surface area (Å²) in [5.41, 5.74) is 0.495. The molecule has 6 nitrogen and oxygen atoms in total. The molecule has 1 saturated heterocycles. The number of benzene rings is 1. The molecule has 1 aromatic heterocycles. The van der Waals surface area contributed by atoms with Crippen molar-refractivity contribution in [1.82, 2.24) is 9.97 Å². The molecule has 144 valence electrons. The third-order valence-corrected chi connectivity index (χ3v) is 5.42. The molecule has 1 aliphatic heterocycles. The molecule has 2 heterocycles. The Bertz CT molecular complexity index is 814. The number of hydrogen-bond acceptors (Lipinski definition) is 6. The number of thioether (sulfide) groups is 1. The van der Waals surface area contributed by atoms with Crippen LogP contribution in [-0.2, 0) is 9.53 Å². The summed E-state index contributed by atoms with van der Waals surface area (Å²) < 4.78 is 5.76. The minimum absolute atomic E-state index is 0.146. The molecule has 27 heavy (non-hydrogen) atoms. The van der Waals surface area contributed by atoms with Crippen LogP contribution >= 0.6 is 35.0 Å². The van der Waals surface area contributed by atoms with Crippen molar-refractivity contribution >= 4 is 52.4 Å². The average Bonchev–Trinajstić information content (AvgIpc) is 2.62. The van der Waals surface area contributed by atoms with E-state index in [9.17, 15) is 4.79 Å². The van der Waals surface area contributed by atoms with Gasteiger partial charge in [-0.05, 0) is 32.0 Å². The summed E-state index contributed by atoms with van der Waals surface area (Å²) in [7, 11) is 0. The summed E-state index contributed by atoms with van der Waals surface area (Å²) in [6.07, 6.45) is 1.81. The fourth-order valence-corrected chi connectivity index (χ4v) is 3.86. The number of aromatic nitrogens is 2. The van der Waals surface area contributed by atoms with Crippen LogP contribution < -0.4 is 10.2 Å². The van der Waals surface area contributed by atoms with E-state index in [0.717, 1.165) is 23.9 Å². The summed E-state index contributed by atoms with van der Waals surface area (Å²) in [4.78, 5) is 23.0. The summed E-state index contributed by atoms with van der Waals surface area (Å²) in [5, 5.41) is 4.45. The van der Waals surface area contributed by atoms with Crippen LogP contribution in [0.2, 0.25) is 10.0 Å². The standard InChI is InChI=1S/C18H20Cl2N4O2S/c1-11-7-24(8-12(2)26-11)16-6-18(22-10-21-16)27-9-17(25)23-15-5-13(19)3-4-14(15)20/h3-6,10-12H,7-9H2,1-2H3,(H,23,25). The molecule has 3 rings (SSSR count). The minimum atomic E-state index is -0.182. The Morgan fingerprint density at radius 3 is 2.74 bits per heavy atom. The van der Waals surface area contributed by atoms with Gasteiger partial charge >= 0.3 is 0 Å². The zero-order valence-electron chi connectivity index (χ0n) is 15.0. The number of carbonyl (C=O) groups is 1. The molecule has 1 aliphatic rings. The van der Waals surface area contributed by atoms with Crippen molar-refractivity contribution in [2.45, 2.75) is 31.1 Å². The van der Waals surface area contributed by atoms with E-state index in [1.807, 2.05) is 19.9 Å². The molecule has 0 radical (unpaired) electrons. The molecule has 2 atom stereocenters. The molecular weight excluding hydrogens is 407 g/mol. The molecule has 1 amide bonds. The van der Waals surface area contributed by atoms with Gasteiger partial charge in [0, 0.05) is 24.2 Å². The van der Waals surface area contributed by atoms with Crippen LogP contribution in [0.25, 0.3) is 0 Å². The average molecular weight is 427 g/mol. The topological polar surface area (TPSA) is 67.4 Å². The van der Waals surface area contributed by atoms with Gasteiger partial charge < -0.3 is 15.0 Å². The van der Waals surface area contributed by atoms with Gasteiger partial charge in [-0.2, -0.15) is 0 Å². The zero-order valence-corrected chi connectivity index (χ0v) is 17.3. The summed E-state index contributed by atoms with van der Waals surface area (Å²) >= 11 is 13.4. The predicted octanol–water partition coefficient (Wildman–Crippen LogP) is 4.13. The Balaban J connectivity index is 1.59. The van der Waals surface area contributed by atoms with Crippen molar-refractivity contribution in [1.29, 1.82) is 0 Å². The second kappa shape index (κ2) is 9.10. The van der Waals surface area contributed by atoms with E-state index in [2.05, 4.69) is 20.2 Å². The van der Waals surface area contributed by atoms with E-state index in [0.29, 0.717) is 15.7 Å². The number of nitrogens with one attached hydrogen (secondary N) is 1. The van der Waals surface area contributed by atoms with Gasteiger partial charge in [0.1, 0.15) is 17.2 Å². The van der Waals surface area contributed by atoms with E-state index in [4.69, 9.17) is 27.9 Å². The second-order valence-corrected chi connectivity index (χ2v) is 8.18. The van der Waals surface area contributed by atoms with Crippen molar-refractivity contribution in [2.24, 2.45) is 0 Å². The van der Waals surface area contributed by atoms with Crippen LogP contribution in [0.3, 0.4) is 0 Å². The molecule has 0 bridgehead atoms. The van der Waals surface area contributed by atoms with Gasteiger partial charge in [0.2, 0.25) is 5.91 Å². The maximum atomic E-state index is 12.2. The first-order chi connectivity index (χ1) is 12.9. The van der Waals surface area contributed by atoms with Crippen LogP contribution in [0.5, 0.6) is 0 Å². The quantitative estimate of drug-likeness (QED) is 0.572. The zero-order chi connectivity index (χ0) is 19.4. The van der Waals surface area contributed by atoms with Crippen molar-refractivity contribution < 1.29 is 9.53 Å². The molecule has 9 heteroatoms. The molecule has 0 saturated carbocycles. The normalized spacial score (nSPS) is 19.8. The molecule has 1 aromatic carbocycles. The summed E-state index contributed by atoms with van der Waals surface area (Å²) in [6.45, 7) is 5.65. The lowest BCUT2D eigenvalue weighted by atomic mass is 10.2. The Morgan fingerprint density at radius 1 is 1.26 bits per heavy atom. The Labute approximate surface area is 172 Å². The summed E-state index contributed by atoms with van der Waals surface area (Å²) in [5.74, 6) is 0.862. The maximum Gasteiger partial charge on any atom is 0.234 e. The largest absolute Gasteiger partial charge is 0.372 e. The highest BCUT2D eigenvalue weighted by molar-refractivity contribution is 7.99. The number of rotatable bonds is 5. The van der Waals surface area contributed by atoms with Crippen LogP contribution in [0.15, 0.2) is 35.6 Å². The van der Waals surface area contributed by atoms with Gasteiger partial charge in [0.25, 0.3) is 0 Å². The van der Waals surface area contributed by atoms with Gasteiger partial charge in [-0.1, -0.05) is 35.0 Å². The summed E-state index contributed by atoms with van der Waals surface area (Å²) in [6, 6.07) is 6.84. The van der Waals surface area contributed by atoms with Crippen molar-refractivity contribution in [3.8, 4) is 0 Å². The monoisotopic (exact) mass is 426 g/mol. The maximum absolute atomic E-state index is 12.2. The third kappa shape index (κ3) is 5.72. The lowest BCUT2D eigenvalue weighted by Crippen LogP contribution is -2.45. The first-order valence-corrected chi connectivity index (χ1v) is 10.2. The SMILES string of the molecule is CC1CN(c2cc(SCC(=O)Nc3cc(Cl)ccc3Cl)ncn2)CC(C)O1. The van der Waals surface area contributed by atoms with Crippen LogP contribution in [-0.4, -0.2) is 46.9 Å². The molecule has 2 unspecified atom stereocenters. The molecule has 0 aliphatic carbocycles.